The molecule has 0 saturated carbocycles. The number of anilines is 1. The first-order valence-corrected chi connectivity index (χ1v) is 7.78. The number of nitrogens with one attached hydrogen (secondary N) is 1. The minimum absolute atomic E-state index is 0.280. The standard InChI is InChI=1S/C17H18N2O2S/c1-20-16-15(11-12-7-5-6-10-14(12)18-16)19-17(22)21-13-8-3-2-4-9-13/h2-4,8-9,11H,5-7,10H2,1H3,(H,19,22). The molecule has 0 amide bonds. The number of hydrogen-bond acceptors (Lipinski definition) is 4. The van der Waals surface area contributed by atoms with E-state index in [0.717, 1.165) is 24.2 Å². The van der Waals surface area contributed by atoms with E-state index in [1.54, 1.807) is 7.11 Å². The number of nitrogens with zero attached hydrogens (tertiary/aromatic N) is 1. The summed E-state index contributed by atoms with van der Waals surface area (Å²) >= 11 is 5.26. The predicted octanol–water partition coefficient (Wildman–Crippen LogP) is 3.74. The lowest BCUT2D eigenvalue weighted by Crippen LogP contribution is -2.18. The number of thiocarbonyl (C=S) groups is 1. The highest BCUT2D eigenvalue weighted by Gasteiger charge is 2.16. The number of fused-ring (bicyclic) bond motifs is 1. The van der Waals surface area contributed by atoms with Crippen LogP contribution in [0.5, 0.6) is 11.6 Å². The van der Waals surface area contributed by atoms with Crippen LogP contribution in [0.4, 0.5) is 5.69 Å². The molecule has 1 N–H and O–H groups in total. The van der Waals surface area contributed by atoms with Crippen molar-refractivity contribution in [3.05, 3.63) is 47.7 Å². The number of aryl methyl sites for hydroxylation is 2. The van der Waals surface area contributed by atoms with Crippen molar-refractivity contribution in [1.82, 2.24) is 4.98 Å². The number of benzene rings is 1. The average Bonchev–Trinajstić information content (AvgIpc) is 2.55. The van der Waals surface area contributed by atoms with E-state index in [0.29, 0.717) is 11.6 Å². The Balaban J connectivity index is 1.77. The van der Waals surface area contributed by atoms with E-state index in [1.807, 2.05) is 30.3 Å². The van der Waals surface area contributed by atoms with Crippen LogP contribution < -0.4 is 14.8 Å². The second kappa shape index (κ2) is 6.75. The number of rotatable bonds is 3. The number of para-hydroxylation sites is 1. The van der Waals surface area contributed by atoms with Crippen LogP contribution in [-0.4, -0.2) is 17.3 Å². The van der Waals surface area contributed by atoms with Crippen LogP contribution in [-0.2, 0) is 12.8 Å². The maximum atomic E-state index is 5.60. The zero-order valence-corrected chi connectivity index (χ0v) is 13.3. The molecule has 0 saturated heterocycles. The third-order valence-corrected chi connectivity index (χ3v) is 3.84. The van der Waals surface area contributed by atoms with Gasteiger partial charge in [0.05, 0.1) is 7.11 Å². The van der Waals surface area contributed by atoms with Gasteiger partial charge in [-0.25, -0.2) is 4.98 Å². The lowest BCUT2D eigenvalue weighted by molar-refractivity contribution is 0.397. The van der Waals surface area contributed by atoms with Crippen molar-refractivity contribution in [2.45, 2.75) is 25.7 Å². The van der Waals surface area contributed by atoms with E-state index in [9.17, 15) is 0 Å². The highest BCUT2D eigenvalue weighted by molar-refractivity contribution is 7.80. The van der Waals surface area contributed by atoms with E-state index in [4.69, 9.17) is 21.7 Å². The number of hydrogen-bond donors (Lipinski definition) is 1. The molecule has 0 spiro atoms. The second-order valence-electron chi connectivity index (χ2n) is 5.19. The molecule has 1 aliphatic rings. The van der Waals surface area contributed by atoms with Gasteiger partial charge in [0.2, 0.25) is 5.88 Å². The predicted molar refractivity (Wildman–Crippen MR) is 90.7 cm³/mol. The molecular formula is C17H18N2O2S. The van der Waals surface area contributed by atoms with Gasteiger partial charge in [-0.3, -0.25) is 0 Å². The molecule has 1 aromatic heterocycles. The fraction of sp³-hybridized carbons (Fsp3) is 0.294. The summed E-state index contributed by atoms with van der Waals surface area (Å²) < 4.78 is 11.0. The number of pyridine rings is 1. The van der Waals surface area contributed by atoms with Gasteiger partial charge in [-0.05, 0) is 61.7 Å². The van der Waals surface area contributed by atoms with Crippen LogP contribution in [0.25, 0.3) is 0 Å². The van der Waals surface area contributed by atoms with Crippen molar-refractivity contribution in [2.75, 3.05) is 12.4 Å². The molecule has 0 unspecified atom stereocenters. The molecule has 0 atom stereocenters. The highest BCUT2D eigenvalue weighted by atomic mass is 32.1. The quantitative estimate of drug-likeness (QED) is 0.874. The third-order valence-electron chi connectivity index (χ3n) is 3.65. The fourth-order valence-corrected chi connectivity index (χ4v) is 2.80. The monoisotopic (exact) mass is 314 g/mol. The van der Waals surface area contributed by atoms with E-state index in [1.165, 1.54) is 18.4 Å². The summed E-state index contributed by atoms with van der Waals surface area (Å²) in [5.41, 5.74) is 3.14. The Morgan fingerprint density at radius 2 is 1.95 bits per heavy atom. The zero-order chi connectivity index (χ0) is 15.4. The fourth-order valence-electron chi connectivity index (χ4n) is 2.59. The lowest BCUT2D eigenvalue weighted by Gasteiger charge is -2.19. The summed E-state index contributed by atoms with van der Waals surface area (Å²) in [5.74, 6) is 1.25. The molecule has 5 heteroatoms. The van der Waals surface area contributed by atoms with E-state index in [2.05, 4.69) is 16.4 Å². The van der Waals surface area contributed by atoms with Crippen LogP contribution in [0.1, 0.15) is 24.1 Å². The maximum Gasteiger partial charge on any atom is 0.266 e. The van der Waals surface area contributed by atoms with Gasteiger partial charge >= 0.3 is 0 Å². The molecule has 1 aromatic carbocycles. The molecule has 0 bridgehead atoms. The van der Waals surface area contributed by atoms with E-state index in [-0.39, 0.29) is 5.17 Å². The molecule has 114 valence electrons. The number of methoxy groups -OCH3 is 1. The van der Waals surface area contributed by atoms with Crippen LogP contribution in [0.3, 0.4) is 0 Å². The van der Waals surface area contributed by atoms with Crippen molar-refractivity contribution < 1.29 is 9.47 Å². The lowest BCUT2D eigenvalue weighted by atomic mass is 9.96. The van der Waals surface area contributed by atoms with E-state index >= 15 is 0 Å². The van der Waals surface area contributed by atoms with Crippen molar-refractivity contribution in [2.24, 2.45) is 0 Å². The Labute approximate surface area is 135 Å². The average molecular weight is 314 g/mol. The van der Waals surface area contributed by atoms with Gasteiger partial charge in [0.15, 0.2) is 0 Å². The SMILES string of the molecule is COc1nc2c(cc1NC(=S)Oc1ccccc1)CCCC2. The Morgan fingerprint density at radius 1 is 1.18 bits per heavy atom. The van der Waals surface area contributed by atoms with Crippen molar-refractivity contribution >= 4 is 23.1 Å². The Kier molecular flexibility index (Phi) is 4.53. The molecule has 22 heavy (non-hydrogen) atoms. The molecule has 4 nitrogen and oxygen atoms in total. The molecule has 3 rings (SSSR count). The van der Waals surface area contributed by atoms with Gasteiger partial charge in [-0.15, -0.1) is 0 Å². The van der Waals surface area contributed by atoms with E-state index < -0.39 is 0 Å². The summed E-state index contributed by atoms with van der Waals surface area (Å²) in [6.45, 7) is 0. The summed E-state index contributed by atoms with van der Waals surface area (Å²) in [7, 11) is 1.61. The van der Waals surface area contributed by atoms with Gasteiger partial charge in [-0.1, -0.05) is 18.2 Å². The molecule has 0 radical (unpaired) electrons. The van der Waals surface area contributed by atoms with Crippen LogP contribution in [0.2, 0.25) is 0 Å². The summed E-state index contributed by atoms with van der Waals surface area (Å²) in [5, 5.41) is 3.36. The second-order valence-corrected chi connectivity index (χ2v) is 5.56. The first kappa shape index (κ1) is 14.8. The maximum absolute atomic E-state index is 5.60. The minimum atomic E-state index is 0.280. The normalized spacial score (nSPS) is 13.1. The summed E-state index contributed by atoms with van der Waals surface area (Å²) in [4.78, 5) is 4.59. The summed E-state index contributed by atoms with van der Waals surface area (Å²) in [6, 6.07) is 11.5. The molecular weight excluding hydrogens is 296 g/mol. The number of ether oxygens (including phenoxy) is 2. The third kappa shape index (κ3) is 3.36. The molecule has 2 aromatic rings. The first-order valence-electron chi connectivity index (χ1n) is 7.37. The Morgan fingerprint density at radius 3 is 2.73 bits per heavy atom. The largest absolute Gasteiger partial charge is 0.480 e. The van der Waals surface area contributed by atoms with Crippen molar-refractivity contribution in [3.8, 4) is 11.6 Å². The van der Waals surface area contributed by atoms with Gasteiger partial charge < -0.3 is 14.8 Å². The van der Waals surface area contributed by atoms with Crippen LogP contribution >= 0.6 is 12.2 Å². The van der Waals surface area contributed by atoms with Crippen LogP contribution in [0, 0.1) is 0 Å². The first-order chi connectivity index (χ1) is 10.8. The zero-order valence-electron chi connectivity index (χ0n) is 12.5. The van der Waals surface area contributed by atoms with Crippen molar-refractivity contribution in [3.63, 3.8) is 0 Å². The minimum Gasteiger partial charge on any atom is -0.480 e. The smallest absolute Gasteiger partial charge is 0.266 e. The Hall–Kier alpha value is -2.14. The molecule has 0 fully saturated rings. The Bertz CT molecular complexity index is 674. The molecule has 1 aliphatic carbocycles. The molecule has 0 aliphatic heterocycles. The van der Waals surface area contributed by atoms with Gasteiger partial charge in [-0.2, -0.15) is 0 Å². The molecule has 1 heterocycles. The number of aromatic nitrogens is 1. The van der Waals surface area contributed by atoms with Crippen LogP contribution in [0.15, 0.2) is 36.4 Å². The van der Waals surface area contributed by atoms with Crippen molar-refractivity contribution in [1.29, 1.82) is 0 Å². The summed E-state index contributed by atoms with van der Waals surface area (Å²) in [6.07, 6.45) is 4.45. The highest BCUT2D eigenvalue weighted by Crippen LogP contribution is 2.29. The van der Waals surface area contributed by atoms with Gasteiger partial charge in [0, 0.05) is 5.69 Å². The topological polar surface area (TPSA) is 43.4 Å². The van der Waals surface area contributed by atoms with Gasteiger partial charge in [0.1, 0.15) is 11.4 Å². The van der Waals surface area contributed by atoms with Gasteiger partial charge in [0.25, 0.3) is 5.17 Å².